The summed E-state index contributed by atoms with van der Waals surface area (Å²) in [7, 11) is 0. The van der Waals surface area contributed by atoms with E-state index in [0.717, 1.165) is 24.0 Å². The number of rotatable bonds is 1. The van der Waals surface area contributed by atoms with Crippen LogP contribution in [-0.4, -0.2) is 11.2 Å². The number of aliphatic hydroxyl groups excluding tert-OH is 1. The van der Waals surface area contributed by atoms with Crippen LogP contribution in [0.2, 0.25) is 0 Å². The second kappa shape index (κ2) is 8.89. The maximum Gasteiger partial charge on any atom is 0.194 e. The molecule has 1 nitrogen and oxygen atoms in total. The minimum atomic E-state index is -1.42. The molecule has 2 saturated carbocycles. The van der Waals surface area contributed by atoms with E-state index in [-0.39, 0.29) is 12.0 Å². The normalized spacial score (nSPS) is 30.4. The van der Waals surface area contributed by atoms with Crippen molar-refractivity contribution in [2.75, 3.05) is 0 Å². The molecule has 2 fully saturated rings. The number of hydrogen-bond acceptors (Lipinski definition) is 1. The Bertz CT molecular complexity index is 483. The summed E-state index contributed by atoms with van der Waals surface area (Å²) in [5.74, 6) is -1.63. The Kier molecular flexibility index (Phi) is 7.15. The first-order chi connectivity index (χ1) is 11.4. The Morgan fingerprint density at radius 3 is 1.58 bits per heavy atom. The summed E-state index contributed by atoms with van der Waals surface area (Å²) in [6.07, 6.45) is 8.21. The van der Waals surface area contributed by atoms with Crippen LogP contribution in [0, 0.1) is 29.3 Å². The molecule has 0 saturated heterocycles. The van der Waals surface area contributed by atoms with E-state index in [1.165, 1.54) is 25.7 Å². The second-order valence-corrected chi connectivity index (χ2v) is 7.67. The van der Waals surface area contributed by atoms with Gasteiger partial charge in [-0.3, -0.25) is 0 Å². The minimum Gasteiger partial charge on any atom is -0.393 e. The highest BCUT2D eigenvalue weighted by molar-refractivity contribution is 5.23. The summed E-state index contributed by atoms with van der Waals surface area (Å²) < 4.78 is 38.8. The van der Waals surface area contributed by atoms with Gasteiger partial charge in [0.15, 0.2) is 17.5 Å². The fourth-order valence-electron chi connectivity index (χ4n) is 3.65. The number of hydrogen-bond donors (Lipinski definition) is 1. The molecule has 2 aliphatic carbocycles. The van der Waals surface area contributed by atoms with Crippen LogP contribution in [0.5, 0.6) is 0 Å². The van der Waals surface area contributed by atoms with Crippen molar-refractivity contribution in [3.63, 3.8) is 0 Å². The fourth-order valence-corrected chi connectivity index (χ4v) is 3.65. The molecule has 0 unspecified atom stereocenters. The summed E-state index contributed by atoms with van der Waals surface area (Å²) in [5.41, 5.74) is 0.489. The number of aliphatic hydroxyl groups is 1. The van der Waals surface area contributed by atoms with Gasteiger partial charge in [-0.25, -0.2) is 13.2 Å². The van der Waals surface area contributed by atoms with Crippen LogP contribution in [0.25, 0.3) is 0 Å². The van der Waals surface area contributed by atoms with Crippen molar-refractivity contribution >= 4 is 0 Å². The first-order valence-corrected chi connectivity index (χ1v) is 9.19. The summed E-state index contributed by atoms with van der Waals surface area (Å²) >= 11 is 0. The molecular weight excluding hydrogens is 313 g/mol. The van der Waals surface area contributed by atoms with Crippen LogP contribution in [0.3, 0.4) is 0 Å². The average molecular weight is 342 g/mol. The van der Waals surface area contributed by atoms with E-state index in [1.54, 1.807) is 0 Å². The lowest BCUT2D eigenvalue weighted by Crippen LogP contribution is -2.17. The smallest absolute Gasteiger partial charge is 0.194 e. The third-order valence-electron chi connectivity index (χ3n) is 5.48. The molecule has 0 radical (unpaired) electrons. The molecule has 0 heterocycles. The molecule has 4 heteroatoms. The maximum atomic E-state index is 13.0. The molecule has 1 aromatic rings. The molecule has 0 bridgehead atoms. The standard InChI is InChI=1S/C12H13F3O.C8H16/c13-10-5-8(6-11(14)12(10)15)7-1-3-9(16)4-2-7;1-7-3-5-8(2)6-4-7/h5-7,9,16H,1-4H2;7-8H,3-6H2,1-2H3. The van der Waals surface area contributed by atoms with E-state index in [9.17, 15) is 18.3 Å². The van der Waals surface area contributed by atoms with Gasteiger partial charge in [0.05, 0.1) is 6.10 Å². The van der Waals surface area contributed by atoms with E-state index in [1.807, 2.05) is 0 Å². The lowest BCUT2D eigenvalue weighted by atomic mass is 9.83. The van der Waals surface area contributed by atoms with Crippen molar-refractivity contribution < 1.29 is 18.3 Å². The SMILES string of the molecule is CC1CCC(C)CC1.OC1CCC(c2cc(F)c(F)c(F)c2)CC1. The van der Waals surface area contributed by atoms with Gasteiger partial charge in [-0.2, -0.15) is 0 Å². The predicted molar refractivity (Wildman–Crippen MR) is 90.3 cm³/mol. The molecule has 1 aromatic carbocycles. The van der Waals surface area contributed by atoms with E-state index in [0.29, 0.717) is 31.2 Å². The van der Waals surface area contributed by atoms with Crippen molar-refractivity contribution in [2.24, 2.45) is 11.8 Å². The first-order valence-electron chi connectivity index (χ1n) is 9.19. The van der Waals surface area contributed by atoms with Crippen LogP contribution < -0.4 is 0 Å². The van der Waals surface area contributed by atoms with E-state index < -0.39 is 17.5 Å². The molecule has 3 rings (SSSR count). The van der Waals surface area contributed by atoms with Crippen molar-refractivity contribution in [1.82, 2.24) is 0 Å². The van der Waals surface area contributed by atoms with Crippen molar-refractivity contribution in [2.45, 2.75) is 77.2 Å². The maximum absolute atomic E-state index is 13.0. The topological polar surface area (TPSA) is 20.2 Å². The molecule has 0 aromatic heterocycles. The number of benzene rings is 1. The highest BCUT2D eigenvalue weighted by Crippen LogP contribution is 2.34. The van der Waals surface area contributed by atoms with Gasteiger partial charge >= 0.3 is 0 Å². The summed E-state index contributed by atoms with van der Waals surface area (Å²) in [6.45, 7) is 4.73. The van der Waals surface area contributed by atoms with Gasteiger partial charge in [0, 0.05) is 0 Å². The van der Waals surface area contributed by atoms with Gasteiger partial charge in [0.1, 0.15) is 0 Å². The molecule has 136 valence electrons. The molecule has 0 atom stereocenters. The Hall–Kier alpha value is -1.03. The van der Waals surface area contributed by atoms with Crippen molar-refractivity contribution in [3.05, 3.63) is 35.1 Å². The zero-order valence-corrected chi connectivity index (χ0v) is 14.7. The van der Waals surface area contributed by atoms with E-state index >= 15 is 0 Å². The molecular formula is C20H29F3O. The Labute approximate surface area is 143 Å². The lowest BCUT2D eigenvalue weighted by Gasteiger charge is -2.25. The van der Waals surface area contributed by atoms with Gasteiger partial charge < -0.3 is 5.11 Å². The lowest BCUT2D eigenvalue weighted by molar-refractivity contribution is 0.122. The van der Waals surface area contributed by atoms with Crippen molar-refractivity contribution in [3.8, 4) is 0 Å². The Balaban J connectivity index is 0.000000219. The van der Waals surface area contributed by atoms with E-state index in [4.69, 9.17) is 0 Å². The molecule has 2 aliphatic rings. The minimum absolute atomic E-state index is 0.0213. The quantitative estimate of drug-likeness (QED) is 0.625. The molecule has 0 spiro atoms. The summed E-state index contributed by atoms with van der Waals surface area (Å²) in [4.78, 5) is 0. The number of halogens is 3. The predicted octanol–water partition coefficient (Wildman–Crippen LogP) is 5.96. The average Bonchev–Trinajstić information content (AvgIpc) is 2.56. The summed E-state index contributed by atoms with van der Waals surface area (Å²) in [6, 6.07) is 2.11. The van der Waals surface area contributed by atoms with Gasteiger partial charge in [-0.15, -0.1) is 0 Å². The summed E-state index contributed by atoms with van der Waals surface area (Å²) in [5, 5.41) is 9.32. The van der Waals surface area contributed by atoms with Gasteiger partial charge in [0.2, 0.25) is 0 Å². The van der Waals surface area contributed by atoms with Crippen LogP contribution in [0.15, 0.2) is 12.1 Å². The second-order valence-electron chi connectivity index (χ2n) is 7.67. The zero-order valence-electron chi connectivity index (χ0n) is 14.7. The molecule has 0 aliphatic heterocycles. The highest BCUT2D eigenvalue weighted by atomic mass is 19.2. The Morgan fingerprint density at radius 2 is 1.17 bits per heavy atom. The largest absolute Gasteiger partial charge is 0.393 e. The Morgan fingerprint density at radius 1 is 0.750 bits per heavy atom. The fraction of sp³-hybridized carbons (Fsp3) is 0.700. The van der Waals surface area contributed by atoms with Crippen LogP contribution in [-0.2, 0) is 0 Å². The molecule has 1 N–H and O–H groups in total. The van der Waals surface area contributed by atoms with Gasteiger partial charge in [-0.05, 0) is 61.1 Å². The van der Waals surface area contributed by atoms with Crippen LogP contribution >= 0.6 is 0 Å². The van der Waals surface area contributed by atoms with Crippen LogP contribution in [0.1, 0.15) is 76.7 Å². The zero-order chi connectivity index (χ0) is 17.7. The molecule has 24 heavy (non-hydrogen) atoms. The third-order valence-corrected chi connectivity index (χ3v) is 5.48. The molecule has 0 amide bonds. The van der Waals surface area contributed by atoms with Crippen LogP contribution in [0.4, 0.5) is 13.2 Å². The van der Waals surface area contributed by atoms with Gasteiger partial charge in [0.25, 0.3) is 0 Å². The monoisotopic (exact) mass is 342 g/mol. The van der Waals surface area contributed by atoms with Gasteiger partial charge in [-0.1, -0.05) is 39.5 Å². The first kappa shape index (κ1) is 19.3. The van der Waals surface area contributed by atoms with E-state index in [2.05, 4.69) is 13.8 Å². The third kappa shape index (κ3) is 5.51. The van der Waals surface area contributed by atoms with Crippen molar-refractivity contribution in [1.29, 1.82) is 0 Å². The highest BCUT2D eigenvalue weighted by Gasteiger charge is 2.23.